The average Bonchev–Trinajstić information content (AvgIpc) is 3.10. The molecule has 0 spiro atoms. The number of ether oxygens (including phenoxy) is 4. The van der Waals surface area contributed by atoms with Crippen LogP contribution in [0.4, 0.5) is 4.39 Å². The van der Waals surface area contributed by atoms with Crippen molar-refractivity contribution in [3.8, 4) is 39.6 Å². The number of halogens is 1. The lowest BCUT2D eigenvalue weighted by Gasteiger charge is -2.23. The molecule has 2 heterocycles. The molecule has 6 nitrogen and oxygen atoms in total. The molecule has 32 heavy (non-hydrogen) atoms. The Labute approximate surface area is 186 Å². The number of methoxy groups -OCH3 is 3. The zero-order valence-electron chi connectivity index (χ0n) is 18.9. The van der Waals surface area contributed by atoms with Crippen LogP contribution in [-0.4, -0.2) is 38.5 Å². The summed E-state index contributed by atoms with van der Waals surface area (Å²) in [5.41, 5.74) is 5.20. The quantitative estimate of drug-likeness (QED) is 0.505. The molecule has 0 aliphatic carbocycles. The van der Waals surface area contributed by atoms with Crippen molar-refractivity contribution in [1.82, 2.24) is 4.57 Å². The molecule has 3 aromatic rings. The van der Waals surface area contributed by atoms with Gasteiger partial charge in [-0.15, -0.1) is 0 Å². The Hall–Kier alpha value is -3.48. The van der Waals surface area contributed by atoms with E-state index in [9.17, 15) is 9.18 Å². The number of carbonyl (C=O) groups excluding carboxylic acids is 1. The van der Waals surface area contributed by atoms with Gasteiger partial charge >= 0.3 is 5.97 Å². The molecule has 1 aliphatic rings. The molecule has 0 amide bonds. The number of aromatic nitrogens is 1. The van der Waals surface area contributed by atoms with Crippen molar-refractivity contribution in [2.75, 3.05) is 27.9 Å². The van der Waals surface area contributed by atoms with Crippen molar-refractivity contribution >= 4 is 5.97 Å². The van der Waals surface area contributed by atoms with Gasteiger partial charge in [0.25, 0.3) is 0 Å². The van der Waals surface area contributed by atoms with Crippen LogP contribution < -0.4 is 14.2 Å². The number of fused-ring (bicyclic) bond motifs is 3. The molecule has 1 aliphatic heterocycles. The lowest BCUT2D eigenvalue weighted by molar-refractivity contribution is 0.0528. The normalized spacial score (nSPS) is 12.1. The molecule has 0 unspecified atom stereocenters. The van der Waals surface area contributed by atoms with E-state index >= 15 is 0 Å². The van der Waals surface area contributed by atoms with Gasteiger partial charge in [0.05, 0.1) is 39.2 Å². The second-order valence-corrected chi connectivity index (χ2v) is 7.52. The molecule has 4 rings (SSSR count). The van der Waals surface area contributed by atoms with E-state index in [0.717, 1.165) is 28.9 Å². The van der Waals surface area contributed by atoms with Crippen LogP contribution in [0.3, 0.4) is 0 Å². The zero-order chi connectivity index (χ0) is 23.0. The number of carbonyl (C=O) groups is 1. The highest BCUT2D eigenvalue weighted by molar-refractivity contribution is 6.05. The van der Waals surface area contributed by atoms with Crippen LogP contribution in [0.15, 0.2) is 30.3 Å². The van der Waals surface area contributed by atoms with Gasteiger partial charge in [-0.25, -0.2) is 9.18 Å². The van der Waals surface area contributed by atoms with Crippen molar-refractivity contribution in [3.63, 3.8) is 0 Å². The van der Waals surface area contributed by atoms with E-state index in [1.165, 1.54) is 13.2 Å². The molecule has 0 saturated heterocycles. The number of hydrogen-bond acceptors (Lipinski definition) is 5. The molecule has 0 saturated carbocycles. The van der Waals surface area contributed by atoms with Gasteiger partial charge in [-0.1, -0.05) is 6.07 Å². The number of esters is 1. The molecule has 0 bridgehead atoms. The van der Waals surface area contributed by atoms with Crippen LogP contribution in [0.5, 0.6) is 17.2 Å². The minimum Gasteiger partial charge on any atom is -0.494 e. The Balaban J connectivity index is 2.03. The van der Waals surface area contributed by atoms with E-state index in [2.05, 4.69) is 4.57 Å². The van der Waals surface area contributed by atoms with Crippen molar-refractivity contribution in [2.24, 2.45) is 0 Å². The molecule has 0 atom stereocenters. The second-order valence-electron chi connectivity index (χ2n) is 7.52. The van der Waals surface area contributed by atoms with E-state index in [-0.39, 0.29) is 12.4 Å². The highest BCUT2D eigenvalue weighted by Crippen LogP contribution is 2.45. The van der Waals surface area contributed by atoms with E-state index < -0.39 is 11.8 Å². The lowest BCUT2D eigenvalue weighted by atomic mass is 9.93. The van der Waals surface area contributed by atoms with Crippen LogP contribution in [0.1, 0.15) is 28.5 Å². The fourth-order valence-electron chi connectivity index (χ4n) is 4.45. The van der Waals surface area contributed by atoms with Crippen LogP contribution in [0, 0.1) is 12.7 Å². The second kappa shape index (κ2) is 8.57. The van der Waals surface area contributed by atoms with E-state index in [4.69, 9.17) is 18.9 Å². The lowest BCUT2D eigenvalue weighted by Crippen LogP contribution is -2.15. The number of aryl methyl sites for hydroxylation is 1. The van der Waals surface area contributed by atoms with E-state index in [0.29, 0.717) is 34.7 Å². The third kappa shape index (κ3) is 3.38. The topological polar surface area (TPSA) is 58.9 Å². The maximum absolute atomic E-state index is 14.6. The van der Waals surface area contributed by atoms with Crippen LogP contribution >= 0.6 is 0 Å². The first-order valence-electron chi connectivity index (χ1n) is 10.4. The minimum absolute atomic E-state index is 0.148. The Morgan fingerprint density at radius 1 is 1.03 bits per heavy atom. The number of rotatable bonds is 6. The number of nitrogens with zero attached hydrogens (tertiary/aromatic N) is 1. The smallest absolute Gasteiger partial charge is 0.340 e. The Bertz CT molecular complexity index is 1200. The van der Waals surface area contributed by atoms with Crippen molar-refractivity contribution in [1.29, 1.82) is 0 Å². The molecule has 7 heteroatoms. The number of hydrogen-bond donors (Lipinski definition) is 0. The van der Waals surface area contributed by atoms with Crippen molar-refractivity contribution in [2.45, 2.75) is 26.8 Å². The minimum atomic E-state index is -0.491. The van der Waals surface area contributed by atoms with Gasteiger partial charge in [-0.2, -0.15) is 0 Å². The van der Waals surface area contributed by atoms with Gasteiger partial charge in [0.2, 0.25) is 0 Å². The maximum Gasteiger partial charge on any atom is 0.340 e. The van der Waals surface area contributed by atoms with Gasteiger partial charge in [0.15, 0.2) is 23.1 Å². The first-order valence-corrected chi connectivity index (χ1v) is 10.4. The predicted octanol–water partition coefficient (Wildman–Crippen LogP) is 5.03. The van der Waals surface area contributed by atoms with Gasteiger partial charge in [-0.3, -0.25) is 0 Å². The summed E-state index contributed by atoms with van der Waals surface area (Å²) in [5, 5.41) is 0. The molecule has 1 aromatic heterocycles. The SMILES string of the molecule is CCOC(=O)c1c(-c2ccc(OC)c(F)c2)c(C)n2c1-c1cc(OC)c(OC)cc1CC2. The summed E-state index contributed by atoms with van der Waals surface area (Å²) in [5.74, 6) is 0.423. The van der Waals surface area contributed by atoms with Gasteiger partial charge in [-0.05, 0) is 55.7 Å². The first-order chi connectivity index (χ1) is 15.4. The monoisotopic (exact) mass is 439 g/mol. The maximum atomic E-state index is 14.6. The predicted molar refractivity (Wildman–Crippen MR) is 119 cm³/mol. The third-order valence-corrected chi connectivity index (χ3v) is 5.91. The third-order valence-electron chi connectivity index (χ3n) is 5.91. The Kier molecular flexibility index (Phi) is 5.82. The van der Waals surface area contributed by atoms with Gasteiger partial charge in [0, 0.05) is 23.4 Å². The molecular weight excluding hydrogens is 413 g/mol. The summed E-state index contributed by atoms with van der Waals surface area (Å²) in [6, 6.07) is 8.55. The average molecular weight is 439 g/mol. The highest BCUT2D eigenvalue weighted by atomic mass is 19.1. The van der Waals surface area contributed by atoms with Crippen LogP contribution in [-0.2, 0) is 17.7 Å². The van der Waals surface area contributed by atoms with Gasteiger partial charge < -0.3 is 23.5 Å². The molecule has 0 fully saturated rings. The van der Waals surface area contributed by atoms with Crippen molar-refractivity contribution < 1.29 is 28.1 Å². The van der Waals surface area contributed by atoms with Gasteiger partial charge in [0.1, 0.15) is 0 Å². The molecular formula is C25H26FNO5. The summed E-state index contributed by atoms with van der Waals surface area (Å²) < 4.78 is 38.1. The fourth-order valence-corrected chi connectivity index (χ4v) is 4.45. The summed E-state index contributed by atoms with van der Waals surface area (Å²) in [6.07, 6.45) is 0.761. The Morgan fingerprint density at radius 3 is 2.34 bits per heavy atom. The molecule has 168 valence electrons. The Morgan fingerprint density at radius 2 is 1.72 bits per heavy atom. The van der Waals surface area contributed by atoms with E-state index in [1.54, 1.807) is 33.3 Å². The highest BCUT2D eigenvalue weighted by Gasteiger charge is 2.32. The largest absolute Gasteiger partial charge is 0.494 e. The van der Waals surface area contributed by atoms with Crippen LogP contribution in [0.25, 0.3) is 22.4 Å². The first kappa shape index (κ1) is 21.7. The molecule has 2 aromatic carbocycles. The molecule has 0 N–H and O–H groups in total. The standard InChI is InChI=1S/C25H26FNO5/c1-6-32-25(28)23-22(16-7-8-19(29-3)18(26)11-16)14(2)27-10-9-15-12-20(30-4)21(31-5)13-17(15)24(23)27/h7-8,11-13H,6,9-10H2,1-5H3. The van der Waals surface area contributed by atoms with Crippen LogP contribution in [0.2, 0.25) is 0 Å². The fraction of sp³-hybridized carbons (Fsp3) is 0.320. The molecule has 0 radical (unpaired) electrons. The summed E-state index contributed by atoms with van der Waals surface area (Å²) >= 11 is 0. The summed E-state index contributed by atoms with van der Waals surface area (Å²) in [7, 11) is 4.60. The summed E-state index contributed by atoms with van der Waals surface area (Å²) in [4.78, 5) is 13.2. The zero-order valence-corrected chi connectivity index (χ0v) is 18.9. The summed E-state index contributed by atoms with van der Waals surface area (Å²) in [6.45, 7) is 4.61. The van der Waals surface area contributed by atoms with Crippen molar-refractivity contribution in [3.05, 3.63) is 53.0 Å². The number of benzene rings is 2. The van der Waals surface area contributed by atoms with E-state index in [1.807, 2.05) is 19.1 Å².